The quantitative estimate of drug-likeness (QED) is 0.758. The molecule has 0 atom stereocenters. The second kappa shape index (κ2) is 7.59. The first-order chi connectivity index (χ1) is 11.7. The van der Waals surface area contributed by atoms with Crippen molar-refractivity contribution in [1.82, 2.24) is 14.9 Å². The normalized spacial score (nSPS) is 10.5. The lowest BCUT2D eigenvalue weighted by atomic mass is 10.1. The van der Waals surface area contributed by atoms with E-state index in [1.54, 1.807) is 11.2 Å². The van der Waals surface area contributed by atoms with Crippen LogP contribution in [0.25, 0.3) is 0 Å². The van der Waals surface area contributed by atoms with E-state index < -0.39 is 0 Å². The van der Waals surface area contributed by atoms with E-state index in [-0.39, 0.29) is 5.91 Å². The minimum absolute atomic E-state index is 0.128. The Morgan fingerprint density at radius 1 is 1.00 bits per heavy atom. The Hall–Kier alpha value is -2.88. The summed E-state index contributed by atoms with van der Waals surface area (Å²) in [6.45, 7) is 0.621. The molecule has 4 heteroatoms. The van der Waals surface area contributed by atoms with Gasteiger partial charge in [-0.1, -0.05) is 54.6 Å². The number of nitrogens with one attached hydrogen (secondary N) is 1. The molecule has 0 fully saturated rings. The number of carbonyl (C=O) groups is 1. The maximum absolute atomic E-state index is 12.3. The molecule has 0 aliphatic rings. The van der Waals surface area contributed by atoms with Crippen LogP contribution in [0.1, 0.15) is 22.4 Å². The van der Waals surface area contributed by atoms with Gasteiger partial charge in [-0.05, 0) is 16.7 Å². The number of nitrogens with zero attached hydrogens (tertiary/aromatic N) is 2. The van der Waals surface area contributed by atoms with Crippen molar-refractivity contribution < 1.29 is 4.79 Å². The van der Waals surface area contributed by atoms with Crippen molar-refractivity contribution in [3.05, 3.63) is 89.5 Å². The average molecular weight is 319 g/mol. The van der Waals surface area contributed by atoms with Crippen LogP contribution in [0.2, 0.25) is 0 Å². The van der Waals surface area contributed by atoms with Crippen LogP contribution >= 0.6 is 0 Å². The zero-order valence-corrected chi connectivity index (χ0v) is 13.8. The Labute approximate surface area is 142 Å². The van der Waals surface area contributed by atoms with Crippen LogP contribution in [0.5, 0.6) is 0 Å². The molecule has 3 aromatic rings. The first kappa shape index (κ1) is 16.0. The third-order valence-corrected chi connectivity index (χ3v) is 4.02. The Kier molecular flexibility index (Phi) is 5.06. The van der Waals surface area contributed by atoms with E-state index in [0.717, 1.165) is 23.2 Å². The standard InChI is InChI=1S/C20H21N3O/c1-23(20(24)12-16-5-3-2-4-6-16)14-18-9-7-17(8-10-18)11-19-13-21-15-22-19/h2-10,13,15H,11-12,14H2,1H3,(H,21,22). The smallest absolute Gasteiger partial charge is 0.227 e. The summed E-state index contributed by atoms with van der Waals surface area (Å²) in [6, 6.07) is 18.2. The number of carbonyl (C=O) groups excluding carboxylic acids is 1. The number of benzene rings is 2. The molecule has 0 spiro atoms. The van der Waals surface area contributed by atoms with Crippen LogP contribution in [0.3, 0.4) is 0 Å². The van der Waals surface area contributed by atoms with Gasteiger partial charge in [0, 0.05) is 31.9 Å². The van der Waals surface area contributed by atoms with E-state index >= 15 is 0 Å². The molecule has 4 nitrogen and oxygen atoms in total. The number of likely N-dealkylation sites (N-methyl/N-ethyl adjacent to an activating group) is 1. The van der Waals surface area contributed by atoms with Gasteiger partial charge >= 0.3 is 0 Å². The Morgan fingerprint density at radius 3 is 2.38 bits per heavy atom. The fourth-order valence-corrected chi connectivity index (χ4v) is 2.63. The molecular formula is C20H21N3O. The van der Waals surface area contributed by atoms with Crippen molar-refractivity contribution in [1.29, 1.82) is 0 Å². The number of rotatable bonds is 6. The molecule has 1 amide bonds. The van der Waals surface area contributed by atoms with Gasteiger partial charge in [0.15, 0.2) is 0 Å². The second-order valence-electron chi connectivity index (χ2n) is 5.98. The summed E-state index contributed by atoms with van der Waals surface area (Å²) in [5.41, 5.74) is 4.50. The molecule has 0 bridgehead atoms. The molecule has 1 aromatic heterocycles. The predicted octanol–water partition coefficient (Wildman–Crippen LogP) is 3.20. The third kappa shape index (κ3) is 4.32. The number of hydrogen-bond acceptors (Lipinski definition) is 2. The van der Waals surface area contributed by atoms with Gasteiger partial charge in [0.05, 0.1) is 12.7 Å². The summed E-state index contributed by atoms with van der Waals surface area (Å²) in [5, 5.41) is 0. The van der Waals surface area contributed by atoms with Gasteiger partial charge in [-0.2, -0.15) is 0 Å². The second-order valence-corrected chi connectivity index (χ2v) is 5.98. The first-order valence-corrected chi connectivity index (χ1v) is 8.03. The number of aromatic nitrogens is 2. The van der Waals surface area contributed by atoms with Crippen molar-refractivity contribution in [3.63, 3.8) is 0 Å². The van der Waals surface area contributed by atoms with Gasteiger partial charge in [0.25, 0.3) is 0 Å². The zero-order valence-electron chi connectivity index (χ0n) is 13.8. The van der Waals surface area contributed by atoms with Gasteiger partial charge in [0.2, 0.25) is 5.91 Å². The number of imidazole rings is 1. The van der Waals surface area contributed by atoms with Crippen LogP contribution in [0.15, 0.2) is 67.1 Å². The highest BCUT2D eigenvalue weighted by molar-refractivity contribution is 5.78. The van der Waals surface area contributed by atoms with Crippen LogP contribution in [0.4, 0.5) is 0 Å². The maximum atomic E-state index is 12.3. The maximum Gasteiger partial charge on any atom is 0.227 e. The van der Waals surface area contributed by atoms with Gasteiger partial charge in [-0.3, -0.25) is 4.79 Å². The summed E-state index contributed by atoms with van der Waals surface area (Å²) in [5.74, 6) is 0.128. The highest BCUT2D eigenvalue weighted by Gasteiger charge is 2.10. The highest BCUT2D eigenvalue weighted by atomic mass is 16.2. The summed E-state index contributed by atoms with van der Waals surface area (Å²) < 4.78 is 0. The van der Waals surface area contributed by atoms with Gasteiger partial charge in [-0.25, -0.2) is 4.98 Å². The number of H-pyrrole nitrogens is 1. The van der Waals surface area contributed by atoms with Crippen LogP contribution in [0, 0.1) is 0 Å². The fraction of sp³-hybridized carbons (Fsp3) is 0.200. The molecule has 0 aliphatic heterocycles. The van der Waals surface area contributed by atoms with Crippen molar-refractivity contribution in [2.24, 2.45) is 0 Å². The molecule has 0 radical (unpaired) electrons. The lowest BCUT2D eigenvalue weighted by molar-refractivity contribution is -0.129. The molecule has 0 saturated heterocycles. The fourth-order valence-electron chi connectivity index (χ4n) is 2.63. The molecule has 1 N–H and O–H groups in total. The van der Waals surface area contributed by atoms with Gasteiger partial charge in [0.1, 0.15) is 0 Å². The van der Waals surface area contributed by atoms with Crippen molar-refractivity contribution in [2.75, 3.05) is 7.05 Å². The van der Waals surface area contributed by atoms with E-state index in [1.807, 2.05) is 43.6 Å². The van der Waals surface area contributed by atoms with E-state index in [9.17, 15) is 4.79 Å². The minimum Gasteiger partial charge on any atom is -0.348 e. The number of hydrogen-bond donors (Lipinski definition) is 1. The Morgan fingerprint density at radius 2 is 1.71 bits per heavy atom. The van der Waals surface area contributed by atoms with Gasteiger partial charge < -0.3 is 9.88 Å². The summed E-state index contributed by atoms with van der Waals surface area (Å²) >= 11 is 0. The molecule has 2 aromatic carbocycles. The molecule has 0 saturated carbocycles. The predicted molar refractivity (Wildman–Crippen MR) is 94.5 cm³/mol. The largest absolute Gasteiger partial charge is 0.348 e. The van der Waals surface area contributed by atoms with E-state index in [1.165, 1.54) is 5.56 Å². The Balaban J connectivity index is 1.56. The van der Waals surface area contributed by atoms with Crippen molar-refractivity contribution in [2.45, 2.75) is 19.4 Å². The number of aromatic amines is 1. The summed E-state index contributed by atoms with van der Waals surface area (Å²) in [6.07, 6.45) is 4.80. The monoisotopic (exact) mass is 319 g/mol. The van der Waals surface area contributed by atoms with Crippen molar-refractivity contribution in [3.8, 4) is 0 Å². The topological polar surface area (TPSA) is 49.0 Å². The molecule has 24 heavy (non-hydrogen) atoms. The first-order valence-electron chi connectivity index (χ1n) is 8.03. The molecule has 122 valence electrons. The van der Waals surface area contributed by atoms with Crippen molar-refractivity contribution >= 4 is 5.91 Å². The van der Waals surface area contributed by atoms with Crippen LogP contribution < -0.4 is 0 Å². The minimum atomic E-state index is 0.128. The highest BCUT2D eigenvalue weighted by Crippen LogP contribution is 2.11. The third-order valence-electron chi connectivity index (χ3n) is 4.02. The molecular weight excluding hydrogens is 298 g/mol. The molecule has 3 rings (SSSR count). The Bertz CT molecular complexity index is 764. The van der Waals surface area contributed by atoms with Crippen LogP contribution in [-0.4, -0.2) is 27.8 Å². The summed E-state index contributed by atoms with van der Waals surface area (Å²) in [4.78, 5) is 21.2. The molecule has 0 aliphatic carbocycles. The van der Waals surface area contributed by atoms with E-state index in [2.05, 4.69) is 34.2 Å². The van der Waals surface area contributed by atoms with E-state index in [4.69, 9.17) is 0 Å². The van der Waals surface area contributed by atoms with Gasteiger partial charge in [-0.15, -0.1) is 0 Å². The molecule has 0 unspecified atom stereocenters. The SMILES string of the molecule is CN(Cc1ccc(Cc2cnc[nH]2)cc1)C(=O)Cc1ccccc1. The van der Waals surface area contributed by atoms with Crippen LogP contribution in [-0.2, 0) is 24.2 Å². The lowest BCUT2D eigenvalue weighted by Crippen LogP contribution is -2.27. The molecule has 1 heterocycles. The van der Waals surface area contributed by atoms with E-state index in [0.29, 0.717) is 13.0 Å². The lowest BCUT2D eigenvalue weighted by Gasteiger charge is -2.17. The zero-order chi connectivity index (χ0) is 16.8. The number of amides is 1. The average Bonchev–Trinajstić information content (AvgIpc) is 3.10. The summed E-state index contributed by atoms with van der Waals surface area (Å²) in [7, 11) is 1.85.